The highest BCUT2D eigenvalue weighted by atomic mass is 16.4. The largest absolute Gasteiger partial charge is 0.477 e. The van der Waals surface area contributed by atoms with Crippen molar-refractivity contribution in [2.75, 3.05) is 0 Å². The second-order valence-electron chi connectivity index (χ2n) is 5.19. The van der Waals surface area contributed by atoms with E-state index in [0.29, 0.717) is 11.5 Å². The summed E-state index contributed by atoms with van der Waals surface area (Å²) in [5.74, 6) is -0.774. The fraction of sp³-hybridized carbons (Fsp3) is 0.462. The molecule has 0 radical (unpaired) electrons. The van der Waals surface area contributed by atoms with Crippen LogP contribution in [0.15, 0.2) is 18.3 Å². The number of hydrogen-bond donors (Lipinski definition) is 2. The molecule has 2 rings (SSSR count). The van der Waals surface area contributed by atoms with Crippen molar-refractivity contribution in [2.45, 2.75) is 32.2 Å². The Balaban J connectivity index is 2.06. The number of amides is 1. The van der Waals surface area contributed by atoms with Crippen molar-refractivity contribution in [3.63, 3.8) is 0 Å². The zero-order valence-corrected chi connectivity index (χ0v) is 10.4. The summed E-state index contributed by atoms with van der Waals surface area (Å²) in [5, 5.41) is 11.7. The molecule has 1 saturated carbocycles. The number of rotatable bonds is 4. The molecular formula is C13H16N2O3. The van der Waals surface area contributed by atoms with Crippen LogP contribution >= 0.6 is 0 Å². The van der Waals surface area contributed by atoms with Gasteiger partial charge in [0.1, 0.15) is 5.69 Å². The topological polar surface area (TPSA) is 79.3 Å². The van der Waals surface area contributed by atoms with Crippen molar-refractivity contribution in [2.24, 2.45) is 5.92 Å². The van der Waals surface area contributed by atoms with Gasteiger partial charge in [0, 0.05) is 11.7 Å². The van der Waals surface area contributed by atoms with Gasteiger partial charge in [0.15, 0.2) is 0 Å². The van der Waals surface area contributed by atoms with Crippen molar-refractivity contribution < 1.29 is 14.7 Å². The van der Waals surface area contributed by atoms with E-state index in [1.54, 1.807) is 0 Å². The molecule has 0 unspecified atom stereocenters. The first-order valence-corrected chi connectivity index (χ1v) is 5.92. The number of aromatic carboxylic acids is 1. The molecule has 1 aromatic heterocycles. The van der Waals surface area contributed by atoms with Crippen LogP contribution in [0.1, 0.15) is 47.5 Å². The Hall–Kier alpha value is -1.91. The summed E-state index contributed by atoms with van der Waals surface area (Å²) in [6.45, 7) is 4.00. The smallest absolute Gasteiger partial charge is 0.354 e. The van der Waals surface area contributed by atoms with Gasteiger partial charge in [0.05, 0.1) is 5.56 Å². The van der Waals surface area contributed by atoms with Crippen LogP contribution in [-0.4, -0.2) is 27.5 Å². The minimum Gasteiger partial charge on any atom is -0.477 e. The van der Waals surface area contributed by atoms with Crippen molar-refractivity contribution in [1.82, 2.24) is 10.3 Å². The molecule has 1 heterocycles. The molecule has 1 fully saturated rings. The molecule has 0 saturated heterocycles. The average Bonchev–Trinajstić information content (AvgIpc) is 3.12. The number of carboxylic acids is 1. The fourth-order valence-corrected chi connectivity index (χ4v) is 1.93. The van der Waals surface area contributed by atoms with E-state index in [0.717, 1.165) is 12.8 Å². The number of hydrogen-bond acceptors (Lipinski definition) is 3. The van der Waals surface area contributed by atoms with Crippen molar-refractivity contribution >= 4 is 11.9 Å². The Morgan fingerprint density at radius 3 is 2.50 bits per heavy atom. The van der Waals surface area contributed by atoms with E-state index in [9.17, 15) is 9.59 Å². The molecule has 0 aromatic carbocycles. The maximum absolute atomic E-state index is 12.0. The molecule has 5 nitrogen and oxygen atoms in total. The molecule has 5 heteroatoms. The average molecular weight is 248 g/mol. The van der Waals surface area contributed by atoms with Gasteiger partial charge in [-0.15, -0.1) is 0 Å². The molecule has 0 atom stereocenters. The van der Waals surface area contributed by atoms with Gasteiger partial charge in [0.2, 0.25) is 0 Å². The van der Waals surface area contributed by atoms with Gasteiger partial charge in [-0.05, 0) is 44.7 Å². The van der Waals surface area contributed by atoms with Crippen LogP contribution in [0, 0.1) is 5.92 Å². The molecule has 0 spiro atoms. The normalized spacial score (nSPS) is 15.2. The van der Waals surface area contributed by atoms with Gasteiger partial charge in [-0.25, -0.2) is 9.78 Å². The molecule has 1 aliphatic rings. The number of nitrogens with zero attached hydrogens (tertiary/aromatic N) is 1. The summed E-state index contributed by atoms with van der Waals surface area (Å²) in [5.41, 5.74) is 0.101. The summed E-state index contributed by atoms with van der Waals surface area (Å²) >= 11 is 0. The molecule has 2 N–H and O–H groups in total. The second-order valence-corrected chi connectivity index (χ2v) is 5.19. The third-order valence-electron chi connectivity index (χ3n) is 3.28. The van der Waals surface area contributed by atoms with Crippen LogP contribution in [0.3, 0.4) is 0 Å². The van der Waals surface area contributed by atoms with E-state index >= 15 is 0 Å². The van der Waals surface area contributed by atoms with Crippen LogP contribution in [0.4, 0.5) is 0 Å². The van der Waals surface area contributed by atoms with Crippen LogP contribution in [0.25, 0.3) is 0 Å². The van der Waals surface area contributed by atoms with Gasteiger partial charge in [-0.2, -0.15) is 0 Å². The summed E-state index contributed by atoms with van der Waals surface area (Å²) in [4.78, 5) is 26.3. The maximum atomic E-state index is 12.0. The van der Waals surface area contributed by atoms with Gasteiger partial charge in [0.25, 0.3) is 5.91 Å². The van der Waals surface area contributed by atoms with Crippen LogP contribution in [0.2, 0.25) is 0 Å². The van der Waals surface area contributed by atoms with Crippen LogP contribution < -0.4 is 5.32 Å². The Morgan fingerprint density at radius 2 is 2.06 bits per heavy atom. The van der Waals surface area contributed by atoms with E-state index < -0.39 is 5.97 Å². The first-order valence-electron chi connectivity index (χ1n) is 5.92. The Kier molecular flexibility index (Phi) is 3.07. The molecule has 1 amide bonds. The lowest BCUT2D eigenvalue weighted by Crippen LogP contribution is -2.45. The van der Waals surface area contributed by atoms with Gasteiger partial charge in [-0.1, -0.05) is 0 Å². The van der Waals surface area contributed by atoms with Crippen molar-refractivity contribution in [3.05, 3.63) is 29.6 Å². The van der Waals surface area contributed by atoms with Gasteiger partial charge >= 0.3 is 5.97 Å². The monoisotopic (exact) mass is 248 g/mol. The molecule has 0 aliphatic heterocycles. The lowest BCUT2D eigenvalue weighted by Gasteiger charge is -2.26. The maximum Gasteiger partial charge on any atom is 0.354 e. The van der Waals surface area contributed by atoms with Gasteiger partial charge in [-0.3, -0.25) is 4.79 Å². The minimum atomic E-state index is -1.10. The molecule has 96 valence electrons. The van der Waals surface area contributed by atoms with Crippen molar-refractivity contribution in [3.8, 4) is 0 Å². The number of pyridine rings is 1. The second kappa shape index (κ2) is 4.40. The molecule has 0 bridgehead atoms. The Bertz CT molecular complexity index is 476. The standard InChI is InChI=1S/C13H16N2O3/c1-13(2,9-4-5-9)15-11(16)8-3-6-10(12(17)18)14-7-8/h3,6-7,9H,4-5H2,1-2H3,(H,15,16)(H,17,18). The highest BCUT2D eigenvalue weighted by Gasteiger charge is 2.38. The van der Waals surface area contributed by atoms with Crippen molar-refractivity contribution in [1.29, 1.82) is 0 Å². The Morgan fingerprint density at radius 1 is 1.39 bits per heavy atom. The number of carbonyl (C=O) groups excluding carboxylic acids is 1. The van der Waals surface area contributed by atoms with Gasteiger partial charge < -0.3 is 10.4 Å². The minimum absolute atomic E-state index is 0.0620. The van der Waals surface area contributed by atoms with Crippen LogP contribution in [0.5, 0.6) is 0 Å². The summed E-state index contributed by atoms with van der Waals surface area (Å²) < 4.78 is 0. The SMILES string of the molecule is CC(C)(NC(=O)c1ccc(C(=O)O)nc1)C1CC1. The summed E-state index contributed by atoms with van der Waals surface area (Å²) in [7, 11) is 0. The third kappa shape index (κ3) is 2.67. The summed E-state index contributed by atoms with van der Waals surface area (Å²) in [6.07, 6.45) is 3.58. The lowest BCUT2D eigenvalue weighted by atomic mass is 9.98. The Labute approximate surface area is 105 Å². The molecule has 1 aromatic rings. The zero-order valence-electron chi connectivity index (χ0n) is 10.4. The van der Waals surface area contributed by atoms with Crippen LogP contribution in [-0.2, 0) is 0 Å². The quantitative estimate of drug-likeness (QED) is 0.850. The zero-order chi connectivity index (χ0) is 13.3. The van der Waals surface area contributed by atoms with E-state index in [1.807, 2.05) is 13.8 Å². The number of carbonyl (C=O) groups is 2. The number of nitrogens with one attached hydrogen (secondary N) is 1. The van der Waals surface area contributed by atoms with E-state index in [4.69, 9.17) is 5.11 Å². The van der Waals surface area contributed by atoms with E-state index in [2.05, 4.69) is 10.3 Å². The molecule has 18 heavy (non-hydrogen) atoms. The third-order valence-corrected chi connectivity index (χ3v) is 3.28. The first kappa shape index (κ1) is 12.5. The van der Waals surface area contributed by atoms with E-state index in [1.165, 1.54) is 18.3 Å². The molecular weight excluding hydrogens is 232 g/mol. The predicted octanol–water partition coefficient (Wildman–Crippen LogP) is 1.70. The lowest BCUT2D eigenvalue weighted by molar-refractivity contribution is 0.0689. The number of aromatic nitrogens is 1. The highest BCUT2D eigenvalue weighted by molar-refractivity contribution is 5.95. The first-order chi connectivity index (χ1) is 8.40. The summed E-state index contributed by atoms with van der Waals surface area (Å²) in [6, 6.07) is 2.82. The highest BCUT2D eigenvalue weighted by Crippen LogP contribution is 2.39. The predicted molar refractivity (Wildman–Crippen MR) is 65.5 cm³/mol. The number of carboxylic acid groups (broad SMARTS) is 1. The molecule has 1 aliphatic carbocycles. The fourth-order valence-electron chi connectivity index (χ4n) is 1.93. The van der Waals surface area contributed by atoms with E-state index in [-0.39, 0.29) is 17.1 Å².